The third-order valence-electron chi connectivity index (χ3n) is 6.38. The van der Waals surface area contributed by atoms with Gasteiger partial charge in [-0.3, -0.25) is 9.59 Å². The molecule has 31 heavy (non-hydrogen) atoms. The van der Waals surface area contributed by atoms with Gasteiger partial charge < -0.3 is 9.80 Å². The van der Waals surface area contributed by atoms with Crippen molar-refractivity contribution in [2.24, 2.45) is 0 Å². The predicted molar refractivity (Wildman–Crippen MR) is 127 cm³/mol. The third kappa shape index (κ3) is 3.60. The Kier molecular flexibility index (Phi) is 5.40. The van der Waals surface area contributed by atoms with E-state index >= 15 is 0 Å². The summed E-state index contributed by atoms with van der Waals surface area (Å²) in [4.78, 5) is 30.3. The van der Waals surface area contributed by atoms with E-state index in [0.717, 1.165) is 34.9 Å². The molecule has 4 nitrogen and oxygen atoms in total. The van der Waals surface area contributed by atoms with Crippen LogP contribution in [0.25, 0.3) is 10.8 Å². The van der Waals surface area contributed by atoms with E-state index < -0.39 is 0 Å². The summed E-state index contributed by atoms with van der Waals surface area (Å²) in [5, 5.41) is 2.55. The molecule has 0 saturated carbocycles. The van der Waals surface area contributed by atoms with Crippen molar-refractivity contribution in [1.29, 1.82) is 0 Å². The van der Waals surface area contributed by atoms with Crippen LogP contribution in [0.2, 0.25) is 5.02 Å². The van der Waals surface area contributed by atoms with Gasteiger partial charge in [-0.05, 0) is 41.8 Å². The molecular weight excluding hydrogens is 428 g/mol. The van der Waals surface area contributed by atoms with Crippen LogP contribution in [0.1, 0.15) is 33.6 Å². The lowest BCUT2D eigenvalue weighted by Gasteiger charge is -2.44. The molecule has 6 heteroatoms. The third-order valence-corrected chi connectivity index (χ3v) is 8.26. The van der Waals surface area contributed by atoms with Gasteiger partial charge in [-0.1, -0.05) is 60.1 Å². The number of benzene rings is 3. The van der Waals surface area contributed by atoms with E-state index in [2.05, 4.69) is 0 Å². The monoisotopic (exact) mass is 450 g/mol. The van der Waals surface area contributed by atoms with Crippen molar-refractivity contribution in [3.05, 3.63) is 82.9 Å². The first-order chi connectivity index (χ1) is 15.1. The van der Waals surface area contributed by atoms with Gasteiger partial charge in [-0.15, -0.1) is 11.8 Å². The van der Waals surface area contributed by atoms with Gasteiger partial charge in [0.2, 0.25) is 0 Å². The molecule has 0 bridgehead atoms. The largest absolute Gasteiger partial charge is 0.338 e. The normalized spacial score (nSPS) is 18.0. The van der Waals surface area contributed by atoms with Gasteiger partial charge in [0, 0.05) is 31.0 Å². The number of rotatable bonds is 2. The Morgan fingerprint density at radius 3 is 2.29 bits per heavy atom. The molecule has 0 N–H and O–H groups in total. The van der Waals surface area contributed by atoms with Crippen LogP contribution in [-0.2, 0) is 0 Å². The highest BCUT2D eigenvalue weighted by Crippen LogP contribution is 2.45. The summed E-state index contributed by atoms with van der Waals surface area (Å²) in [6.45, 7) is 1.99. The fourth-order valence-electron chi connectivity index (χ4n) is 4.73. The summed E-state index contributed by atoms with van der Waals surface area (Å²) in [5.41, 5.74) is 1.30. The minimum absolute atomic E-state index is 0.00979. The van der Waals surface area contributed by atoms with Crippen molar-refractivity contribution in [3.63, 3.8) is 0 Å². The second-order valence-electron chi connectivity index (χ2n) is 8.05. The van der Waals surface area contributed by atoms with Crippen LogP contribution in [0.3, 0.4) is 0 Å². The van der Waals surface area contributed by atoms with E-state index in [1.807, 2.05) is 76.2 Å². The molecule has 0 aromatic heterocycles. The van der Waals surface area contributed by atoms with Crippen LogP contribution in [0.4, 0.5) is 0 Å². The maximum Gasteiger partial charge on any atom is 0.256 e. The summed E-state index contributed by atoms with van der Waals surface area (Å²) < 4.78 is 0. The molecule has 2 fully saturated rings. The van der Waals surface area contributed by atoms with Crippen LogP contribution in [0, 0.1) is 0 Å². The van der Waals surface area contributed by atoms with Crippen LogP contribution < -0.4 is 0 Å². The van der Waals surface area contributed by atoms with E-state index in [1.54, 1.807) is 12.1 Å². The van der Waals surface area contributed by atoms with Gasteiger partial charge in [-0.2, -0.15) is 0 Å². The summed E-state index contributed by atoms with van der Waals surface area (Å²) >= 11 is 8.14. The van der Waals surface area contributed by atoms with Gasteiger partial charge >= 0.3 is 0 Å². The summed E-state index contributed by atoms with van der Waals surface area (Å²) in [6.07, 6.45) is 1.54. The highest BCUT2D eigenvalue weighted by Gasteiger charge is 2.47. The number of hydrogen-bond acceptors (Lipinski definition) is 3. The van der Waals surface area contributed by atoms with Crippen LogP contribution in [0.5, 0.6) is 0 Å². The number of amides is 2. The zero-order chi connectivity index (χ0) is 21.4. The van der Waals surface area contributed by atoms with Gasteiger partial charge in [0.1, 0.15) is 0 Å². The first-order valence-corrected chi connectivity index (χ1v) is 11.9. The smallest absolute Gasteiger partial charge is 0.256 e. The Balaban J connectivity index is 1.35. The van der Waals surface area contributed by atoms with Crippen molar-refractivity contribution < 1.29 is 9.59 Å². The van der Waals surface area contributed by atoms with E-state index in [-0.39, 0.29) is 16.7 Å². The number of nitrogens with zero attached hydrogens (tertiary/aromatic N) is 2. The first-order valence-electron chi connectivity index (χ1n) is 10.6. The van der Waals surface area contributed by atoms with Crippen LogP contribution in [0.15, 0.2) is 66.7 Å². The van der Waals surface area contributed by atoms with E-state index in [1.165, 1.54) is 0 Å². The van der Waals surface area contributed by atoms with E-state index in [0.29, 0.717) is 30.2 Å². The van der Waals surface area contributed by atoms with E-state index in [9.17, 15) is 9.59 Å². The highest BCUT2D eigenvalue weighted by molar-refractivity contribution is 8.00. The van der Waals surface area contributed by atoms with Crippen LogP contribution >= 0.6 is 23.4 Å². The zero-order valence-electron chi connectivity index (χ0n) is 17.1. The molecule has 2 aliphatic rings. The van der Waals surface area contributed by atoms with Gasteiger partial charge in [0.05, 0.1) is 15.5 Å². The predicted octanol–water partition coefficient (Wildman–Crippen LogP) is 5.31. The molecule has 158 valence electrons. The number of carbonyl (C=O) groups is 2. The lowest BCUT2D eigenvalue weighted by atomic mass is 9.98. The Labute approximate surface area is 191 Å². The molecule has 2 amide bonds. The Morgan fingerprint density at radius 2 is 1.48 bits per heavy atom. The fraction of sp³-hybridized carbons (Fsp3) is 0.280. The molecule has 0 radical (unpaired) electrons. The molecule has 0 atom stereocenters. The van der Waals surface area contributed by atoms with Crippen LogP contribution in [-0.4, -0.2) is 51.9 Å². The fourth-order valence-corrected chi connectivity index (χ4v) is 6.40. The molecule has 3 aromatic carbocycles. The summed E-state index contributed by atoms with van der Waals surface area (Å²) in [7, 11) is 0. The van der Waals surface area contributed by atoms with E-state index in [4.69, 9.17) is 11.6 Å². The zero-order valence-corrected chi connectivity index (χ0v) is 18.7. The van der Waals surface area contributed by atoms with Gasteiger partial charge in [0.15, 0.2) is 0 Å². The number of halogens is 1. The topological polar surface area (TPSA) is 40.6 Å². The molecule has 1 spiro atoms. The molecule has 2 saturated heterocycles. The number of hydrogen-bond donors (Lipinski definition) is 0. The molecule has 2 aliphatic heterocycles. The highest BCUT2D eigenvalue weighted by atomic mass is 35.5. The van der Waals surface area contributed by atoms with Gasteiger partial charge in [0.25, 0.3) is 11.8 Å². The second-order valence-corrected chi connectivity index (χ2v) is 9.91. The molecular formula is C25H23ClN2O2S. The molecule has 2 heterocycles. The lowest BCUT2D eigenvalue weighted by molar-refractivity contribution is 0.0499. The number of piperidine rings is 1. The maximum atomic E-state index is 13.3. The number of carbonyl (C=O) groups excluding carboxylic acids is 2. The van der Waals surface area contributed by atoms with Crippen molar-refractivity contribution in [2.75, 3.05) is 25.4 Å². The number of thioether (sulfide) groups is 1. The standard InChI is InChI=1S/C25H23ClN2O2S/c26-22-11-4-3-9-21(22)24(30)28-16-17-31-25(28)12-14-27(15-13-25)23(29)20-10-5-7-18-6-1-2-8-19(18)20/h1-11H,12-17H2. The molecule has 0 unspecified atom stereocenters. The minimum atomic E-state index is -0.258. The maximum absolute atomic E-state index is 13.3. The quantitative estimate of drug-likeness (QED) is 0.531. The van der Waals surface area contributed by atoms with Gasteiger partial charge in [-0.25, -0.2) is 0 Å². The SMILES string of the molecule is O=C(c1cccc2ccccc12)N1CCC2(CC1)SCCN2C(=O)c1ccccc1Cl. The van der Waals surface area contributed by atoms with Crippen molar-refractivity contribution in [1.82, 2.24) is 9.80 Å². The first kappa shape index (κ1) is 20.4. The Morgan fingerprint density at radius 1 is 0.806 bits per heavy atom. The summed E-state index contributed by atoms with van der Waals surface area (Å²) in [5.74, 6) is 0.969. The molecule has 5 rings (SSSR count). The summed E-state index contributed by atoms with van der Waals surface area (Å²) in [6, 6.07) is 21.1. The Bertz CT molecular complexity index is 1150. The lowest BCUT2D eigenvalue weighted by Crippen LogP contribution is -2.53. The average molecular weight is 451 g/mol. The van der Waals surface area contributed by atoms with Crippen molar-refractivity contribution in [3.8, 4) is 0 Å². The Hall–Kier alpha value is -2.50. The average Bonchev–Trinajstić information content (AvgIpc) is 3.21. The molecule has 3 aromatic rings. The molecule has 0 aliphatic carbocycles. The van der Waals surface area contributed by atoms with Crippen molar-refractivity contribution >= 4 is 45.9 Å². The second kappa shape index (κ2) is 8.21. The van der Waals surface area contributed by atoms with Crippen molar-refractivity contribution in [2.45, 2.75) is 17.7 Å². The minimum Gasteiger partial charge on any atom is -0.338 e. The number of likely N-dealkylation sites (tertiary alicyclic amines) is 1. The number of fused-ring (bicyclic) bond motifs is 1.